The summed E-state index contributed by atoms with van der Waals surface area (Å²) in [6, 6.07) is 0. The second kappa shape index (κ2) is 8.79. The summed E-state index contributed by atoms with van der Waals surface area (Å²) >= 11 is 1.58. The van der Waals surface area contributed by atoms with E-state index in [1.54, 1.807) is 16.7 Å². The molecule has 2 aliphatic heterocycles. The van der Waals surface area contributed by atoms with Crippen LogP contribution in [0, 0.1) is 5.92 Å². The van der Waals surface area contributed by atoms with Crippen molar-refractivity contribution >= 4 is 23.8 Å². The largest absolute Gasteiger partial charge is 0.465 e. The summed E-state index contributed by atoms with van der Waals surface area (Å²) in [6.07, 6.45) is 7.90. The maximum absolute atomic E-state index is 12.1. The number of piperidine rings is 1. The van der Waals surface area contributed by atoms with E-state index in [-0.39, 0.29) is 12.1 Å². The molecular formula is C19H29NO4S. The molecule has 25 heavy (non-hydrogen) atoms. The molecule has 2 rings (SSSR count). The van der Waals surface area contributed by atoms with Gasteiger partial charge in [0.2, 0.25) is 0 Å². The van der Waals surface area contributed by atoms with Gasteiger partial charge in [0.1, 0.15) is 5.60 Å². The number of allylic oxidation sites excluding steroid dienone is 3. The highest BCUT2D eigenvalue weighted by Crippen LogP contribution is 2.32. The summed E-state index contributed by atoms with van der Waals surface area (Å²) in [6.45, 7) is 7.07. The topological polar surface area (TPSA) is 55.8 Å². The first-order valence-corrected chi connectivity index (χ1v) is 9.89. The molecule has 0 bridgehead atoms. The van der Waals surface area contributed by atoms with Gasteiger partial charge in [-0.05, 0) is 63.7 Å². The Balaban J connectivity index is 1.90. The van der Waals surface area contributed by atoms with Crippen molar-refractivity contribution in [3.8, 4) is 0 Å². The molecule has 0 aromatic heterocycles. The number of likely N-dealkylation sites (tertiary alicyclic amines) is 1. The number of hydrogen-bond donors (Lipinski definition) is 0. The van der Waals surface area contributed by atoms with Gasteiger partial charge in [0.05, 0.1) is 12.0 Å². The third-order valence-electron chi connectivity index (χ3n) is 4.26. The van der Waals surface area contributed by atoms with Gasteiger partial charge in [0, 0.05) is 13.1 Å². The number of amides is 1. The van der Waals surface area contributed by atoms with E-state index in [1.165, 1.54) is 7.11 Å². The third kappa shape index (κ3) is 6.10. The number of ether oxygens (including phenoxy) is 2. The van der Waals surface area contributed by atoms with Crippen LogP contribution in [0.4, 0.5) is 4.79 Å². The number of carbonyl (C=O) groups excluding carboxylic acids is 2. The van der Waals surface area contributed by atoms with Crippen molar-refractivity contribution in [2.75, 3.05) is 26.0 Å². The lowest BCUT2D eigenvalue weighted by Gasteiger charge is -2.32. The standard InChI is InChI=1S/C19H29NO4S/c1-19(2,3)24-18(22)20-11-9-14(10-12-20)7-8-15-6-5-13-25-16(15)17(21)23-4/h7-8,14H,5-6,9-13H2,1-4H3/b8-7+. The molecule has 1 fully saturated rings. The van der Waals surface area contributed by atoms with Gasteiger partial charge in [0.15, 0.2) is 0 Å². The molecule has 0 aromatic rings. The molecule has 0 atom stereocenters. The van der Waals surface area contributed by atoms with E-state index in [2.05, 4.69) is 12.2 Å². The fourth-order valence-electron chi connectivity index (χ4n) is 2.94. The third-order valence-corrected chi connectivity index (χ3v) is 5.47. The van der Waals surface area contributed by atoms with Crippen LogP contribution in [-0.4, -0.2) is 48.5 Å². The fraction of sp³-hybridized carbons (Fsp3) is 0.684. The molecule has 2 aliphatic rings. The lowest BCUT2D eigenvalue weighted by atomic mass is 9.95. The Morgan fingerprint density at radius 3 is 2.52 bits per heavy atom. The highest BCUT2D eigenvalue weighted by Gasteiger charge is 2.26. The Bertz CT molecular complexity index is 554. The molecule has 0 aliphatic carbocycles. The van der Waals surface area contributed by atoms with E-state index in [9.17, 15) is 9.59 Å². The van der Waals surface area contributed by atoms with Crippen LogP contribution in [0.15, 0.2) is 22.6 Å². The van der Waals surface area contributed by atoms with Crippen LogP contribution in [0.5, 0.6) is 0 Å². The summed E-state index contributed by atoms with van der Waals surface area (Å²) in [5.41, 5.74) is 0.626. The summed E-state index contributed by atoms with van der Waals surface area (Å²) < 4.78 is 10.3. The highest BCUT2D eigenvalue weighted by atomic mass is 32.2. The zero-order chi connectivity index (χ0) is 18.4. The first-order valence-electron chi connectivity index (χ1n) is 8.90. The van der Waals surface area contributed by atoms with Crippen molar-refractivity contribution in [2.45, 2.75) is 52.1 Å². The minimum absolute atomic E-state index is 0.228. The Morgan fingerprint density at radius 2 is 1.92 bits per heavy atom. The second-order valence-electron chi connectivity index (χ2n) is 7.46. The molecule has 2 heterocycles. The maximum Gasteiger partial charge on any atom is 0.410 e. The first kappa shape index (κ1) is 19.9. The monoisotopic (exact) mass is 367 g/mol. The predicted octanol–water partition coefficient (Wildman–Crippen LogP) is 4.14. The van der Waals surface area contributed by atoms with Gasteiger partial charge in [-0.25, -0.2) is 9.59 Å². The highest BCUT2D eigenvalue weighted by molar-refractivity contribution is 8.04. The van der Waals surface area contributed by atoms with Gasteiger partial charge < -0.3 is 14.4 Å². The molecular weight excluding hydrogens is 338 g/mol. The molecule has 0 radical (unpaired) electrons. The Labute approximate surface area is 154 Å². The predicted molar refractivity (Wildman–Crippen MR) is 100 cm³/mol. The van der Waals surface area contributed by atoms with Gasteiger partial charge >= 0.3 is 12.1 Å². The van der Waals surface area contributed by atoms with Gasteiger partial charge in [-0.1, -0.05) is 12.2 Å². The van der Waals surface area contributed by atoms with Crippen molar-refractivity contribution in [2.24, 2.45) is 5.92 Å². The van der Waals surface area contributed by atoms with Crippen molar-refractivity contribution in [3.63, 3.8) is 0 Å². The molecule has 0 aromatic carbocycles. The number of thioether (sulfide) groups is 1. The van der Waals surface area contributed by atoms with Crippen LogP contribution < -0.4 is 0 Å². The molecule has 0 unspecified atom stereocenters. The smallest absolute Gasteiger partial charge is 0.410 e. The summed E-state index contributed by atoms with van der Waals surface area (Å²) in [5.74, 6) is 1.16. The number of hydrogen-bond acceptors (Lipinski definition) is 5. The van der Waals surface area contributed by atoms with E-state index >= 15 is 0 Å². The van der Waals surface area contributed by atoms with Gasteiger partial charge in [0.25, 0.3) is 0 Å². The molecule has 140 valence electrons. The lowest BCUT2D eigenvalue weighted by Crippen LogP contribution is -2.41. The molecule has 0 saturated carbocycles. The molecule has 0 spiro atoms. The first-order chi connectivity index (χ1) is 11.8. The van der Waals surface area contributed by atoms with E-state index in [4.69, 9.17) is 9.47 Å². The molecule has 0 N–H and O–H groups in total. The molecule has 1 saturated heterocycles. The quantitative estimate of drug-likeness (QED) is 0.702. The van der Waals surface area contributed by atoms with Crippen LogP contribution >= 0.6 is 11.8 Å². The second-order valence-corrected chi connectivity index (χ2v) is 8.57. The minimum Gasteiger partial charge on any atom is -0.465 e. The fourth-order valence-corrected chi connectivity index (χ4v) is 3.99. The van der Waals surface area contributed by atoms with Crippen LogP contribution in [0.25, 0.3) is 0 Å². The van der Waals surface area contributed by atoms with E-state index in [1.807, 2.05) is 20.8 Å². The summed E-state index contributed by atoms with van der Waals surface area (Å²) in [4.78, 5) is 26.5. The molecule has 1 amide bonds. The molecule has 6 heteroatoms. The average Bonchev–Trinajstić information content (AvgIpc) is 2.58. The maximum atomic E-state index is 12.1. The molecule has 5 nitrogen and oxygen atoms in total. The Hall–Kier alpha value is -1.43. The van der Waals surface area contributed by atoms with E-state index < -0.39 is 5.60 Å². The number of nitrogens with zero attached hydrogens (tertiary/aromatic N) is 1. The minimum atomic E-state index is -0.455. The summed E-state index contributed by atoms with van der Waals surface area (Å²) in [5, 5.41) is 0. The van der Waals surface area contributed by atoms with Gasteiger partial charge in [-0.3, -0.25) is 0 Å². The Morgan fingerprint density at radius 1 is 1.24 bits per heavy atom. The van der Waals surface area contributed by atoms with Gasteiger partial charge in [-0.15, -0.1) is 11.8 Å². The van der Waals surface area contributed by atoms with Crippen molar-refractivity contribution in [3.05, 3.63) is 22.6 Å². The SMILES string of the molecule is COC(=O)C1=C(/C=C/C2CCN(C(=O)OC(C)(C)C)CC2)CCCS1. The lowest BCUT2D eigenvalue weighted by molar-refractivity contribution is -0.135. The number of rotatable bonds is 3. The van der Waals surface area contributed by atoms with E-state index in [0.717, 1.165) is 41.9 Å². The van der Waals surface area contributed by atoms with Crippen LogP contribution in [-0.2, 0) is 14.3 Å². The van der Waals surface area contributed by atoms with Crippen LogP contribution in [0.2, 0.25) is 0 Å². The number of carbonyl (C=O) groups is 2. The van der Waals surface area contributed by atoms with Gasteiger partial charge in [-0.2, -0.15) is 0 Å². The van der Waals surface area contributed by atoms with Crippen LogP contribution in [0.1, 0.15) is 46.5 Å². The zero-order valence-corrected chi connectivity index (χ0v) is 16.5. The van der Waals surface area contributed by atoms with Crippen molar-refractivity contribution < 1.29 is 19.1 Å². The number of esters is 1. The van der Waals surface area contributed by atoms with E-state index in [0.29, 0.717) is 19.0 Å². The van der Waals surface area contributed by atoms with Crippen molar-refractivity contribution in [1.82, 2.24) is 4.90 Å². The van der Waals surface area contributed by atoms with Crippen molar-refractivity contribution in [1.29, 1.82) is 0 Å². The van der Waals surface area contributed by atoms with Crippen LogP contribution in [0.3, 0.4) is 0 Å². The average molecular weight is 368 g/mol. The normalized spacial score (nSPS) is 20.1. The zero-order valence-electron chi connectivity index (χ0n) is 15.7. The number of methoxy groups -OCH3 is 1. The Kier molecular flexibility index (Phi) is 6.99. The summed E-state index contributed by atoms with van der Waals surface area (Å²) in [7, 11) is 1.43.